The van der Waals surface area contributed by atoms with Crippen molar-refractivity contribution < 1.29 is 9.32 Å². The van der Waals surface area contributed by atoms with Crippen molar-refractivity contribution in [1.82, 2.24) is 15.4 Å². The third-order valence-electron chi connectivity index (χ3n) is 5.16. The third kappa shape index (κ3) is 3.23. The van der Waals surface area contributed by atoms with Crippen LogP contribution in [0.2, 0.25) is 0 Å². The fourth-order valence-corrected chi connectivity index (χ4v) is 4.41. The number of carbonyl (C=O) groups is 1. The maximum absolute atomic E-state index is 13.0. The van der Waals surface area contributed by atoms with Gasteiger partial charge in [0, 0.05) is 18.7 Å². The summed E-state index contributed by atoms with van der Waals surface area (Å²) < 4.78 is 5.10. The zero-order chi connectivity index (χ0) is 15.9. The molecule has 130 valence electrons. The minimum Gasteiger partial charge on any atom is -0.361 e. The Labute approximate surface area is 151 Å². The molecule has 1 N–H and O–H groups in total. The van der Waals surface area contributed by atoms with Crippen LogP contribution in [0.4, 0.5) is 0 Å². The Kier molecular flexibility index (Phi) is 4.99. The first-order valence-corrected chi connectivity index (χ1v) is 9.08. The number of nitrogens with zero attached hydrogens (tertiary/aromatic N) is 2. The Bertz CT molecular complexity index is 695. The number of hydrogen-bond donors (Lipinski definition) is 1. The summed E-state index contributed by atoms with van der Waals surface area (Å²) in [6, 6.07) is 4.16. The second kappa shape index (κ2) is 6.86. The van der Waals surface area contributed by atoms with Crippen LogP contribution in [0.15, 0.2) is 27.4 Å². The Morgan fingerprint density at radius 2 is 2.29 bits per heavy atom. The topological polar surface area (TPSA) is 58.4 Å². The Hall–Kier alpha value is -1.37. The van der Waals surface area contributed by atoms with E-state index >= 15 is 0 Å². The molecule has 2 aromatic heterocycles. The lowest BCUT2D eigenvalue weighted by Gasteiger charge is -2.29. The molecule has 1 aliphatic carbocycles. The van der Waals surface area contributed by atoms with Crippen LogP contribution >= 0.6 is 23.7 Å². The summed E-state index contributed by atoms with van der Waals surface area (Å²) in [5.74, 6) is 0.671. The number of halogens is 1. The average molecular weight is 368 g/mol. The Balaban J connectivity index is 0.00000169. The largest absolute Gasteiger partial charge is 0.361 e. The highest BCUT2D eigenvalue weighted by Gasteiger charge is 2.58. The molecule has 0 aromatic carbocycles. The third-order valence-corrected chi connectivity index (χ3v) is 5.90. The van der Waals surface area contributed by atoms with E-state index in [9.17, 15) is 4.79 Å². The van der Waals surface area contributed by atoms with Gasteiger partial charge in [-0.15, -0.1) is 12.4 Å². The molecule has 2 aromatic rings. The highest BCUT2D eigenvalue weighted by molar-refractivity contribution is 7.07. The lowest BCUT2D eigenvalue weighted by atomic mass is 9.93. The number of piperidine rings is 1. The van der Waals surface area contributed by atoms with E-state index in [-0.39, 0.29) is 18.3 Å². The number of carbonyl (C=O) groups excluding carboxylic acids is 1. The Morgan fingerprint density at radius 3 is 2.92 bits per heavy atom. The van der Waals surface area contributed by atoms with Crippen molar-refractivity contribution in [2.24, 2.45) is 5.41 Å². The highest BCUT2D eigenvalue weighted by atomic mass is 35.5. The van der Waals surface area contributed by atoms with Crippen LogP contribution in [0.25, 0.3) is 0 Å². The number of aromatic nitrogens is 1. The van der Waals surface area contributed by atoms with Gasteiger partial charge in [0.1, 0.15) is 5.76 Å². The van der Waals surface area contributed by atoms with Crippen LogP contribution in [-0.4, -0.2) is 35.1 Å². The number of nitrogens with one attached hydrogen (secondary N) is 1. The van der Waals surface area contributed by atoms with Gasteiger partial charge in [-0.3, -0.25) is 4.79 Å². The first kappa shape index (κ1) is 17.5. The molecule has 1 amide bonds. The van der Waals surface area contributed by atoms with Crippen molar-refractivity contribution >= 4 is 29.7 Å². The zero-order valence-electron chi connectivity index (χ0n) is 13.7. The summed E-state index contributed by atoms with van der Waals surface area (Å²) in [5, 5.41) is 11.5. The molecule has 0 radical (unpaired) electrons. The molecule has 1 saturated carbocycles. The van der Waals surface area contributed by atoms with Gasteiger partial charge in [0.15, 0.2) is 5.69 Å². The maximum Gasteiger partial charge on any atom is 0.276 e. The van der Waals surface area contributed by atoms with Crippen LogP contribution in [-0.2, 0) is 6.54 Å². The number of amides is 1. The molecule has 24 heavy (non-hydrogen) atoms. The fourth-order valence-electron chi connectivity index (χ4n) is 3.75. The zero-order valence-corrected chi connectivity index (χ0v) is 15.3. The van der Waals surface area contributed by atoms with Gasteiger partial charge in [-0.2, -0.15) is 11.3 Å². The number of rotatable bonds is 4. The van der Waals surface area contributed by atoms with E-state index < -0.39 is 0 Å². The van der Waals surface area contributed by atoms with E-state index in [1.807, 2.05) is 11.8 Å². The van der Waals surface area contributed by atoms with E-state index in [4.69, 9.17) is 4.52 Å². The summed E-state index contributed by atoms with van der Waals surface area (Å²) in [5.41, 5.74) is 1.93. The summed E-state index contributed by atoms with van der Waals surface area (Å²) in [4.78, 5) is 15.0. The van der Waals surface area contributed by atoms with E-state index in [1.54, 1.807) is 17.4 Å². The van der Waals surface area contributed by atoms with E-state index in [0.717, 1.165) is 32.4 Å². The molecule has 2 fully saturated rings. The lowest BCUT2D eigenvalue weighted by molar-refractivity contribution is 0.0682. The summed E-state index contributed by atoms with van der Waals surface area (Å²) >= 11 is 1.67. The van der Waals surface area contributed by atoms with Crippen LogP contribution in [0.3, 0.4) is 0 Å². The molecule has 1 atom stereocenters. The number of aryl methyl sites for hydroxylation is 1. The predicted molar refractivity (Wildman–Crippen MR) is 95.6 cm³/mol. The monoisotopic (exact) mass is 367 g/mol. The lowest BCUT2D eigenvalue weighted by Crippen LogP contribution is -2.39. The standard InChI is InChI=1S/C17H21N3O2S.ClH/c1-12-8-14(19-22-12)16(21)20(10-13-2-7-23-11-13)15-9-17(15)3-5-18-6-4-17;/h2,7-8,11,15,18H,3-6,9-10H2,1H3;1H. The molecule has 7 heteroatoms. The molecule has 0 bridgehead atoms. The Morgan fingerprint density at radius 1 is 1.50 bits per heavy atom. The minimum atomic E-state index is -0.00606. The van der Waals surface area contributed by atoms with E-state index in [0.29, 0.717) is 29.5 Å². The second-order valence-corrected chi connectivity index (χ2v) is 7.50. The van der Waals surface area contributed by atoms with Crippen molar-refractivity contribution in [3.05, 3.63) is 39.9 Å². The molecular formula is C17H22ClN3O2S. The van der Waals surface area contributed by atoms with Crippen molar-refractivity contribution in [3.8, 4) is 0 Å². The molecule has 1 saturated heterocycles. The van der Waals surface area contributed by atoms with Crippen LogP contribution in [0.5, 0.6) is 0 Å². The van der Waals surface area contributed by atoms with Gasteiger partial charge in [0.05, 0.1) is 0 Å². The maximum atomic E-state index is 13.0. The summed E-state index contributed by atoms with van der Waals surface area (Å²) in [7, 11) is 0. The van der Waals surface area contributed by atoms with Crippen molar-refractivity contribution in [2.75, 3.05) is 13.1 Å². The molecule has 2 aliphatic rings. The van der Waals surface area contributed by atoms with Crippen LogP contribution < -0.4 is 5.32 Å². The van der Waals surface area contributed by atoms with Gasteiger partial charge in [-0.05, 0) is 67.1 Å². The van der Waals surface area contributed by atoms with Crippen molar-refractivity contribution in [2.45, 2.75) is 38.8 Å². The highest BCUT2D eigenvalue weighted by Crippen LogP contribution is 2.56. The van der Waals surface area contributed by atoms with Gasteiger partial charge in [-0.25, -0.2) is 0 Å². The van der Waals surface area contributed by atoms with Crippen molar-refractivity contribution in [3.63, 3.8) is 0 Å². The average Bonchev–Trinajstić information content (AvgIpc) is 2.97. The van der Waals surface area contributed by atoms with Gasteiger partial charge in [0.25, 0.3) is 5.91 Å². The minimum absolute atomic E-state index is 0. The number of thiophene rings is 1. The molecular weight excluding hydrogens is 346 g/mol. The molecule has 3 heterocycles. The quantitative estimate of drug-likeness (QED) is 0.901. The van der Waals surface area contributed by atoms with Gasteiger partial charge >= 0.3 is 0 Å². The second-order valence-electron chi connectivity index (χ2n) is 6.72. The SMILES string of the molecule is Cc1cc(C(=O)N(Cc2ccsc2)C2CC23CCNCC3)no1.Cl. The number of hydrogen-bond acceptors (Lipinski definition) is 5. The van der Waals surface area contributed by atoms with Gasteiger partial charge < -0.3 is 14.7 Å². The van der Waals surface area contributed by atoms with Crippen molar-refractivity contribution in [1.29, 1.82) is 0 Å². The smallest absolute Gasteiger partial charge is 0.276 e. The molecule has 1 aliphatic heterocycles. The molecule has 4 rings (SSSR count). The van der Waals surface area contributed by atoms with Gasteiger partial charge in [0.2, 0.25) is 0 Å². The molecule has 1 spiro atoms. The summed E-state index contributed by atoms with van der Waals surface area (Å²) in [6.07, 6.45) is 3.42. The van der Waals surface area contributed by atoms with E-state index in [1.165, 1.54) is 5.56 Å². The fraction of sp³-hybridized carbons (Fsp3) is 0.529. The van der Waals surface area contributed by atoms with Crippen LogP contribution in [0, 0.1) is 12.3 Å². The first-order chi connectivity index (χ1) is 11.2. The van der Waals surface area contributed by atoms with E-state index in [2.05, 4.69) is 27.3 Å². The van der Waals surface area contributed by atoms with Gasteiger partial charge in [-0.1, -0.05) is 5.16 Å². The van der Waals surface area contributed by atoms with Crippen LogP contribution in [0.1, 0.15) is 41.1 Å². The normalized spacial score (nSPS) is 21.3. The predicted octanol–water partition coefficient (Wildman–Crippen LogP) is 3.25. The molecule has 5 nitrogen and oxygen atoms in total. The molecule has 1 unspecified atom stereocenters. The first-order valence-electron chi connectivity index (χ1n) is 8.14. The summed E-state index contributed by atoms with van der Waals surface area (Å²) in [6.45, 7) is 4.59.